The highest BCUT2D eigenvalue weighted by Crippen LogP contribution is 2.32. The number of hydrogen-bond donors (Lipinski definition) is 1. The first kappa shape index (κ1) is 17.6. The number of ether oxygens (including phenoxy) is 2. The van der Waals surface area contributed by atoms with Crippen molar-refractivity contribution in [2.45, 2.75) is 24.9 Å². The lowest BCUT2D eigenvalue weighted by Crippen LogP contribution is -2.24. The Bertz CT molecular complexity index is 1060. The van der Waals surface area contributed by atoms with Crippen LogP contribution < -0.4 is 14.2 Å². The van der Waals surface area contributed by atoms with Gasteiger partial charge >= 0.3 is 0 Å². The topological polar surface area (TPSA) is 108 Å². The highest BCUT2D eigenvalue weighted by Gasteiger charge is 2.20. The van der Waals surface area contributed by atoms with Gasteiger partial charge in [0.05, 0.1) is 17.1 Å². The predicted octanol–water partition coefficient (Wildman–Crippen LogP) is 1.81. The van der Waals surface area contributed by atoms with Gasteiger partial charge in [0.2, 0.25) is 21.7 Å². The lowest BCUT2D eigenvalue weighted by Gasteiger charge is -2.18. The van der Waals surface area contributed by atoms with Crippen LogP contribution >= 0.6 is 0 Å². The molecule has 1 aliphatic heterocycles. The maximum atomic E-state index is 12.5. The Hall–Kier alpha value is -2.85. The van der Waals surface area contributed by atoms with Gasteiger partial charge in [-0.3, -0.25) is 0 Å². The Morgan fingerprint density at radius 2 is 2.00 bits per heavy atom. The maximum absolute atomic E-state index is 12.5. The summed E-state index contributed by atoms with van der Waals surface area (Å²) < 4.78 is 45.5. The summed E-state index contributed by atoms with van der Waals surface area (Å²) in [5, 5.41) is 3.92. The minimum absolute atomic E-state index is 0.0753. The van der Waals surface area contributed by atoms with Crippen molar-refractivity contribution in [1.82, 2.24) is 19.4 Å². The summed E-state index contributed by atoms with van der Waals surface area (Å²) in [5.74, 6) is 1.52. The van der Waals surface area contributed by atoms with Crippen LogP contribution in [0.5, 0.6) is 11.5 Å². The fourth-order valence-electron chi connectivity index (χ4n) is 2.75. The standard InChI is InChI=1S/C17H18N4O5S/c1-2-21-7-3-4-13(21)17-19-16(26-20-17)11-18-27(22,23)12-5-6-14-15(10-12)25-9-8-24-14/h3-7,10,18H,2,8-9,11H2,1H3. The van der Waals surface area contributed by atoms with Crippen LogP contribution in [-0.4, -0.2) is 36.3 Å². The third-order valence-electron chi connectivity index (χ3n) is 4.10. The molecule has 142 valence electrons. The molecule has 1 N–H and O–H groups in total. The van der Waals surface area contributed by atoms with E-state index in [1.807, 2.05) is 29.8 Å². The van der Waals surface area contributed by atoms with Crippen molar-refractivity contribution < 1.29 is 22.4 Å². The zero-order valence-corrected chi connectivity index (χ0v) is 15.4. The number of sulfonamides is 1. The van der Waals surface area contributed by atoms with Crippen LogP contribution in [0.2, 0.25) is 0 Å². The Morgan fingerprint density at radius 3 is 2.81 bits per heavy atom. The fourth-order valence-corrected chi connectivity index (χ4v) is 3.74. The molecule has 0 fully saturated rings. The van der Waals surface area contributed by atoms with Crippen molar-refractivity contribution in [2.24, 2.45) is 0 Å². The molecule has 10 heteroatoms. The van der Waals surface area contributed by atoms with Crippen molar-refractivity contribution in [3.05, 3.63) is 42.4 Å². The van der Waals surface area contributed by atoms with Crippen molar-refractivity contribution in [1.29, 1.82) is 0 Å². The molecule has 1 aliphatic rings. The van der Waals surface area contributed by atoms with Crippen molar-refractivity contribution >= 4 is 10.0 Å². The van der Waals surface area contributed by atoms with Crippen LogP contribution in [0, 0.1) is 0 Å². The first-order valence-corrected chi connectivity index (χ1v) is 9.92. The smallest absolute Gasteiger partial charge is 0.242 e. The first-order valence-electron chi connectivity index (χ1n) is 8.44. The van der Waals surface area contributed by atoms with Gasteiger partial charge in [0.1, 0.15) is 13.2 Å². The lowest BCUT2D eigenvalue weighted by molar-refractivity contribution is 0.171. The van der Waals surface area contributed by atoms with Gasteiger partial charge in [0.25, 0.3) is 0 Å². The van der Waals surface area contributed by atoms with Crippen molar-refractivity contribution in [3.63, 3.8) is 0 Å². The van der Waals surface area contributed by atoms with E-state index in [9.17, 15) is 8.42 Å². The number of nitrogens with zero attached hydrogens (tertiary/aromatic N) is 3. The molecule has 3 aromatic rings. The van der Waals surface area contributed by atoms with Gasteiger partial charge in [-0.15, -0.1) is 0 Å². The van der Waals surface area contributed by atoms with E-state index in [2.05, 4.69) is 14.9 Å². The van der Waals surface area contributed by atoms with E-state index in [4.69, 9.17) is 14.0 Å². The van der Waals surface area contributed by atoms with E-state index < -0.39 is 10.0 Å². The Kier molecular flexibility index (Phi) is 4.58. The molecule has 0 amide bonds. The molecule has 0 bridgehead atoms. The number of aromatic nitrogens is 3. The van der Waals surface area contributed by atoms with Gasteiger partial charge in [-0.1, -0.05) is 5.16 Å². The number of rotatable bonds is 6. The fraction of sp³-hybridized carbons (Fsp3) is 0.294. The number of nitrogens with one attached hydrogen (secondary N) is 1. The largest absolute Gasteiger partial charge is 0.486 e. The third kappa shape index (κ3) is 3.53. The molecule has 3 heterocycles. The molecule has 2 aromatic heterocycles. The molecule has 0 saturated heterocycles. The summed E-state index contributed by atoms with van der Waals surface area (Å²) >= 11 is 0. The molecule has 0 saturated carbocycles. The summed E-state index contributed by atoms with van der Waals surface area (Å²) in [6.07, 6.45) is 1.91. The van der Waals surface area contributed by atoms with Gasteiger partial charge in [-0.25, -0.2) is 13.1 Å². The van der Waals surface area contributed by atoms with Gasteiger partial charge in [-0.05, 0) is 31.2 Å². The molecule has 0 radical (unpaired) electrons. The molecule has 9 nitrogen and oxygen atoms in total. The van der Waals surface area contributed by atoms with Crippen molar-refractivity contribution in [2.75, 3.05) is 13.2 Å². The number of fused-ring (bicyclic) bond motifs is 1. The van der Waals surface area contributed by atoms with Crippen LogP contribution in [0.15, 0.2) is 45.9 Å². The highest BCUT2D eigenvalue weighted by molar-refractivity contribution is 7.89. The second kappa shape index (κ2) is 7.05. The van der Waals surface area contributed by atoms with E-state index in [-0.39, 0.29) is 17.3 Å². The summed E-state index contributed by atoms with van der Waals surface area (Å²) in [5.41, 5.74) is 0.808. The minimum Gasteiger partial charge on any atom is -0.486 e. The van der Waals surface area contributed by atoms with Gasteiger partial charge in [0.15, 0.2) is 11.5 Å². The average Bonchev–Trinajstić information content (AvgIpc) is 3.34. The van der Waals surface area contributed by atoms with E-state index >= 15 is 0 Å². The van der Waals surface area contributed by atoms with E-state index in [1.54, 1.807) is 6.07 Å². The van der Waals surface area contributed by atoms with Gasteiger partial charge in [0, 0.05) is 18.8 Å². The van der Waals surface area contributed by atoms with Crippen LogP contribution in [0.4, 0.5) is 0 Å². The Labute approximate surface area is 156 Å². The van der Waals surface area contributed by atoms with E-state index in [0.29, 0.717) is 30.5 Å². The SMILES string of the molecule is CCn1cccc1-c1noc(CNS(=O)(=O)c2ccc3c(c2)OCCO3)n1. The summed E-state index contributed by atoms with van der Waals surface area (Å²) in [7, 11) is -3.77. The van der Waals surface area contributed by atoms with Crippen LogP contribution in [0.1, 0.15) is 12.8 Å². The molecule has 1 aromatic carbocycles. The lowest BCUT2D eigenvalue weighted by atomic mass is 10.3. The summed E-state index contributed by atoms with van der Waals surface area (Å²) in [6, 6.07) is 8.23. The van der Waals surface area contributed by atoms with Crippen LogP contribution in [-0.2, 0) is 23.1 Å². The zero-order chi connectivity index (χ0) is 18.9. The molecule has 27 heavy (non-hydrogen) atoms. The predicted molar refractivity (Wildman–Crippen MR) is 94.9 cm³/mol. The zero-order valence-electron chi connectivity index (χ0n) is 14.6. The van der Waals surface area contributed by atoms with Gasteiger partial charge < -0.3 is 18.6 Å². The van der Waals surface area contributed by atoms with Crippen molar-refractivity contribution in [3.8, 4) is 23.0 Å². The minimum atomic E-state index is -3.77. The number of aryl methyl sites for hydroxylation is 1. The Morgan fingerprint density at radius 1 is 1.19 bits per heavy atom. The molecule has 0 aliphatic carbocycles. The van der Waals surface area contributed by atoms with E-state index in [0.717, 1.165) is 12.2 Å². The quantitative estimate of drug-likeness (QED) is 0.684. The first-order chi connectivity index (χ1) is 13.1. The molecule has 0 spiro atoms. The molecular weight excluding hydrogens is 372 g/mol. The second-order valence-corrected chi connectivity index (χ2v) is 7.59. The van der Waals surface area contributed by atoms with E-state index in [1.165, 1.54) is 12.1 Å². The highest BCUT2D eigenvalue weighted by atomic mass is 32.2. The van der Waals surface area contributed by atoms with Crippen LogP contribution in [0.3, 0.4) is 0 Å². The Balaban J connectivity index is 1.48. The molecule has 4 rings (SSSR count). The number of benzene rings is 1. The molecule has 0 unspecified atom stereocenters. The summed E-state index contributed by atoms with van der Waals surface area (Å²) in [4.78, 5) is 4.33. The average molecular weight is 390 g/mol. The monoisotopic (exact) mass is 390 g/mol. The van der Waals surface area contributed by atoms with Crippen LogP contribution in [0.25, 0.3) is 11.5 Å². The third-order valence-corrected chi connectivity index (χ3v) is 5.50. The molecular formula is C17H18N4O5S. The summed E-state index contributed by atoms with van der Waals surface area (Å²) in [6.45, 7) is 3.48. The normalized spacial score (nSPS) is 13.7. The molecule has 0 atom stereocenters. The van der Waals surface area contributed by atoms with Gasteiger partial charge in [-0.2, -0.15) is 4.98 Å². The number of hydrogen-bond acceptors (Lipinski definition) is 7. The second-order valence-electron chi connectivity index (χ2n) is 5.82. The maximum Gasteiger partial charge on any atom is 0.242 e.